The summed E-state index contributed by atoms with van der Waals surface area (Å²) >= 11 is 0. The van der Waals surface area contributed by atoms with E-state index in [0.29, 0.717) is 0 Å². The zero-order valence-corrected chi connectivity index (χ0v) is 15.7. The first-order chi connectivity index (χ1) is 12.2. The fourth-order valence-corrected chi connectivity index (χ4v) is 3.13. The van der Waals surface area contributed by atoms with Crippen molar-refractivity contribution in [1.29, 1.82) is 5.41 Å². The lowest BCUT2D eigenvalue weighted by atomic mass is 10.1. The van der Waals surface area contributed by atoms with E-state index in [1.165, 1.54) is 18.2 Å². The molecule has 1 fully saturated rings. The maximum Gasteiger partial charge on any atom is 0.120 e. The molecule has 1 unspecified atom stereocenters. The lowest BCUT2D eigenvalue weighted by Gasteiger charge is -2.33. The predicted octanol–water partition coefficient (Wildman–Crippen LogP) is 5.06. The highest BCUT2D eigenvalue weighted by Crippen LogP contribution is 2.22. The minimum atomic E-state index is 0.230. The molecule has 3 heteroatoms. The van der Waals surface area contributed by atoms with Crippen molar-refractivity contribution in [3.8, 4) is 5.75 Å². The molecule has 1 saturated heterocycles. The maximum absolute atomic E-state index is 7.47. The van der Waals surface area contributed by atoms with Crippen molar-refractivity contribution in [3.05, 3.63) is 65.2 Å². The van der Waals surface area contributed by atoms with E-state index in [1.54, 1.807) is 0 Å². The molecule has 0 aliphatic carbocycles. The Kier molecular flexibility index (Phi) is 7.68. The fraction of sp³-hybridized carbons (Fsp3) is 0.409. The zero-order valence-electron chi connectivity index (χ0n) is 15.7. The van der Waals surface area contributed by atoms with E-state index < -0.39 is 0 Å². The molecule has 1 atom stereocenters. The van der Waals surface area contributed by atoms with E-state index in [9.17, 15) is 0 Å². The Labute approximate surface area is 152 Å². The van der Waals surface area contributed by atoms with E-state index in [0.717, 1.165) is 42.9 Å². The molecule has 0 radical (unpaired) electrons. The number of rotatable bonds is 5. The molecule has 0 bridgehead atoms. The van der Waals surface area contributed by atoms with Crippen LogP contribution in [-0.2, 0) is 6.54 Å². The molecular formula is C22H30N2O. The quantitative estimate of drug-likeness (QED) is 0.773. The third-order valence-corrected chi connectivity index (χ3v) is 4.42. The van der Waals surface area contributed by atoms with Crippen LogP contribution < -0.4 is 4.74 Å². The molecule has 1 aliphatic heterocycles. The van der Waals surface area contributed by atoms with Gasteiger partial charge in [0.1, 0.15) is 11.9 Å². The smallest absolute Gasteiger partial charge is 0.120 e. The van der Waals surface area contributed by atoms with Gasteiger partial charge in [-0.25, -0.2) is 0 Å². The Morgan fingerprint density at radius 3 is 2.64 bits per heavy atom. The number of benzene rings is 2. The number of hydrogen-bond donors (Lipinski definition) is 1. The second kappa shape index (κ2) is 10.00. The van der Waals surface area contributed by atoms with Crippen molar-refractivity contribution in [1.82, 2.24) is 4.90 Å². The number of nitrogens with one attached hydrogen (secondary N) is 1. The molecule has 0 amide bonds. The van der Waals surface area contributed by atoms with Crippen LogP contribution in [0.2, 0.25) is 0 Å². The number of piperidine rings is 1. The number of aryl methyl sites for hydroxylation is 1. The number of nitrogens with zero attached hydrogens (tertiary/aromatic N) is 1. The molecule has 134 valence electrons. The van der Waals surface area contributed by atoms with E-state index >= 15 is 0 Å². The Balaban J connectivity index is 0.00000109. The molecular weight excluding hydrogens is 308 g/mol. The van der Waals surface area contributed by atoms with Gasteiger partial charge in [-0.1, -0.05) is 50.2 Å². The van der Waals surface area contributed by atoms with Crippen LogP contribution in [0.15, 0.2) is 48.5 Å². The first kappa shape index (κ1) is 19.2. The largest absolute Gasteiger partial charge is 0.489 e. The van der Waals surface area contributed by atoms with Gasteiger partial charge >= 0.3 is 0 Å². The van der Waals surface area contributed by atoms with Gasteiger partial charge in [-0.3, -0.25) is 4.90 Å². The summed E-state index contributed by atoms with van der Waals surface area (Å²) in [5.74, 6) is 0.876. The Morgan fingerprint density at radius 1 is 1.16 bits per heavy atom. The molecule has 25 heavy (non-hydrogen) atoms. The molecule has 1 heterocycles. The second-order valence-corrected chi connectivity index (χ2v) is 6.27. The van der Waals surface area contributed by atoms with E-state index in [2.05, 4.69) is 35.2 Å². The monoisotopic (exact) mass is 338 g/mol. The highest BCUT2D eigenvalue weighted by atomic mass is 16.5. The van der Waals surface area contributed by atoms with Crippen LogP contribution in [0.1, 0.15) is 43.4 Å². The summed E-state index contributed by atoms with van der Waals surface area (Å²) in [5.41, 5.74) is 3.40. The molecule has 0 aromatic heterocycles. The van der Waals surface area contributed by atoms with Gasteiger partial charge in [0.15, 0.2) is 0 Å². The van der Waals surface area contributed by atoms with Crippen LogP contribution in [0.5, 0.6) is 5.75 Å². The number of likely N-dealkylation sites (tertiary alicyclic amines) is 1. The van der Waals surface area contributed by atoms with Gasteiger partial charge in [-0.15, -0.1) is 0 Å². The van der Waals surface area contributed by atoms with Gasteiger partial charge in [0.05, 0.1) is 0 Å². The summed E-state index contributed by atoms with van der Waals surface area (Å²) in [6, 6.07) is 16.6. The minimum Gasteiger partial charge on any atom is -0.489 e. The van der Waals surface area contributed by atoms with E-state index in [1.807, 2.05) is 39.0 Å². The average molecular weight is 338 g/mol. The van der Waals surface area contributed by atoms with Gasteiger partial charge in [-0.05, 0) is 55.1 Å². The van der Waals surface area contributed by atoms with Gasteiger partial charge in [-0.2, -0.15) is 0 Å². The molecule has 0 saturated carbocycles. The topological polar surface area (TPSA) is 36.3 Å². The third-order valence-electron chi connectivity index (χ3n) is 4.42. The summed E-state index contributed by atoms with van der Waals surface area (Å²) in [6.45, 7) is 9.10. The normalized spacial score (nSPS) is 17.3. The highest BCUT2D eigenvalue weighted by Gasteiger charge is 2.21. The van der Waals surface area contributed by atoms with Crippen LogP contribution in [0.3, 0.4) is 0 Å². The van der Waals surface area contributed by atoms with Gasteiger partial charge in [0.25, 0.3) is 0 Å². The predicted molar refractivity (Wildman–Crippen MR) is 106 cm³/mol. The first-order valence-electron chi connectivity index (χ1n) is 9.28. The summed E-state index contributed by atoms with van der Waals surface area (Å²) in [4.78, 5) is 2.47. The molecule has 3 rings (SSSR count). The van der Waals surface area contributed by atoms with Crippen LogP contribution in [0, 0.1) is 12.3 Å². The SMILES string of the molecule is CC.Cc1ccc(OC2CCCN(Cc3ccccc3)C2)cc1C=N. The van der Waals surface area contributed by atoms with Crippen LogP contribution in [-0.4, -0.2) is 30.3 Å². The fourth-order valence-electron chi connectivity index (χ4n) is 3.13. The maximum atomic E-state index is 7.47. The van der Waals surface area contributed by atoms with Crippen molar-refractivity contribution in [3.63, 3.8) is 0 Å². The molecule has 2 aromatic rings. The lowest BCUT2D eigenvalue weighted by Crippen LogP contribution is -2.40. The molecule has 2 aromatic carbocycles. The lowest BCUT2D eigenvalue weighted by molar-refractivity contribution is 0.0843. The van der Waals surface area contributed by atoms with E-state index in [-0.39, 0.29) is 6.10 Å². The zero-order chi connectivity index (χ0) is 18.1. The molecule has 1 N–H and O–H groups in total. The highest BCUT2D eigenvalue weighted by molar-refractivity contribution is 5.79. The van der Waals surface area contributed by atoms with Crippen molar-refractivity contribution < 1.29 is 4.74 Å². The van der Waals surface area contributed by atoms with Gasteiger partial charge in [0.2, 0.25) is 0 Å². The minimum absolute atomic E-state index is 0.230. The van der Waals surface area contributed by atoms with Crippen molar-refractivity contribution in [2.45, 2.75) is 46.3 Å². The van der Waals surface area contributed by atoms with Crippen LogP contribution >= 0.6 is 0 Å². The Bertz CT molecular complexity index is 654. The average Bonchev–Trinajstić information content (AvgIpc) is 2.66. The summed E-state index contributed by atoms with van der Waals surface area (Å²) in [5, 5.41) is 7.47. The summed E-state index contributed by atoms with van der Waals surface area (Å²) < 4.78 is 6.18. The van der Waals surface area contributed by atoms with Crippen molar-refractivity contribution in [2.75, 3.05) is 13.1 Å². The van der Waals surface area contributed by atoms with Crippen molar-refractivity contribution >= 4 is 6.21 Å². The molecule has 0 spiro atoms. The summed E-state index contributed by atoms with van der Waals surface area (Å²) in [7, 11) is 0. The number of hydrogen-bond acceptors (Lipinski definition) is 3. The molecule has 1 aliphatic rings. The standard InChI is InChI=1S/C20H24N2O.C2H6/c1-16-9-10-19(12-18(16)13-21)23-20-8-5-11-22(15-20)14-17-6-3-2-4-7-17;1-2/h2-4,6-7,9-10,12-13,20-21H,5,8,11,14-15H2,1H3;1-2H3. The second-order valence-electron chi connectivity index (χ2n) is 6.27. The summed E-state index contributed by atoms with van der Waals surface area (Å²) in [6.07, 6.45) is 3.89. The first-order valence-corrected chi connectivity index (χ1v) is 9.28. The third kappa shape index (κ3) is 5.71. The Morgan fingerprint density at radius 2 is 1.92 bits per heavy atom. The molecule has 3 nitrogen and oxygen atoms in total. The van der Waals surface area contributed by atoms with Crippen LogP contribution in [0.4, 0.5) is 0 Å². The number of ether oxygens (including phenoxy) is 1. The van der Waals surface area contributed by atoms with E-state index in [4.69, 9.17) is 10.1 Å². The van der Waals surface area contributed by atoms with Crippen molar-refractivity contribution in [2.24, 2.45) is 0 Å². The van der Waals surface area contributed by atoms with Crippen LogP contribution in [0.25, 0.3) is 0 Å². The Hall–Kier alpha value is -2.13. The van der Waals surface area contributed by atoms with Gasteiger partial charge in [0, 0.05) is 19.3 Å². The van der Waals surface area contributed by atoms with Gasteiger partial charge < -0.3 is 10.1 Å².